The summed E-state index contributed by atoms with van der Waals surface area (Å²) in [5.41, 5.74) is 4.05. The zero-order valence-electron chi connectivity index (χ0n) is 10.3. The number of alkyl halides is 2. The number of nitrogens with two attached hydrogens (primary N) is 1. The van der Waals surface area contributed by atoms with Gasteiger partial charge in [-0.25, -0.2) is 8.78 Å². The van der Waals surface area contributed by atoms with E-state index in [2.05, 4.69) is 5.32 Å². The average molecular weight is 289 g/mol. The Morgan fingerprint density at radius 2 is 2.20 bits per heavy atom. The van der Waals surface area contributed by atoms with E-state index >= 15 is 0 Å². The molecular formula is C11H13F2N3O4. The number of halogens is 2. The maximum Gasteiger partial charge on any atom is 0.270 e. The molecule has 110 valence electrons. The van der Waals surface area contributed by atoms with Crippen LogP contribution in [-0.4, -0.2) is 30.6 Å². The van der Waals surface area contributed by atoms with Crippen molar-refractivity contribution in [3.05, 3.63) is 33.9 Å². The van der Waals surface area contributed by atoms with Gasteiger partial charge in [0.1, 0.15) is 6.61 Å². The fourth-order valence-electron chi connectivity index (χ4n) is 1.44. The van der Waals surface area contributed by atoms with Crippen LogP contribution in [0, 0.1) is 10.1 Å². The quantitative estimate of drug-likeness (QED) is 0.428. The van der Waals surface area contributed by atoms with E-state index in [0.29, 0.717) is 0 Å². The van der Waals surface area contributed by atoms with Gasteiger partial charge in [0.25, 0.3) is 12.1 Å². The Hall–Kier alpha value is -2.29. The van der Waals surface area contributed by atoms with Crippen LogP contribution in [0.1, 0.15) is 12.0 Å². The van der Waals surface area contributed by atoms with E-state index in [0.717, 1.165) is 12.1 Å². The van der Waals surface area contributed by atoms with Gasteiger partial charge in [-0.1, -0.05) is 0 Å². The second kappa shape index (κ2) is 7.34. The number of nitrogens with one attached hydrogen (secondary N) is 1. The fraction of sp³-hybridized carbons (Fsp3) is 0.364. The number of anilines is 1. The second-order valence-corrected chi connectivity index (χ2v) is 3.78. The first-order valence-electron chi connectivity index (χ1n) is 5.58. The SMILES string of the molecule is NC(=O)COCCNc1ccc([N+](=O)[O-])cc1C(F)F. The molecule has 20 heavy (non-hydrogen) atoms. The number of benzene rings is 1. The summed E-state index contributed by atoms with van der Waals surface area (Å²) in [6, 6.07) is 3.14. The third-order valence-electron chi connectivity index (χ3n) is 2.29. The monoisotopic (exact) mass is 289 g/mol. The maximum absolute atomic E-state index is 12.8. The summed E-state index contributed by atoms with van der Waals surface area (Å²) in [6.07, 6.45) is -2.84. The van der Waals surface area contributed by atoms with Crippen LogP contribution in [0.15, 0.2) is 18.2 Å². The molecule has 0 aliphatic carbocycles. The number of ether oxygens (including phenoxy) is 1. The minimum Gasteiger partial charge on any atom is -0.382 e. The molecule has 7 nitrogen and oxygen atoms in total. The molecule has 9 heteroatoms. The Morgan fingerprint density at radius 1 is 1.50 bits per heavy atom. The van der Waals surface area contributed by atoms with Gasteiger partial charge in [-0.2, -0.15) is 0 Å². The van der Waals surface area contributed by atoms with Crippen molar-refractivity contribution in [3.63, 3.8) is 0 Å². The molecule has 0 bridgehead atoms. The Balaban J connectivity index is 2.65. The third kappa shape index (κ3) is 4.76. The molecule has 0 spiro atoms. The van der Waals surface area contributed by atoms with Crippen LogP contribution in [0.3, 0.4) is 0 Å². The lowest BCUT2D eigenvalue weighted by Gasteiger charge is -2.11. The van der Waals surface area contributed by atoms with Crippen molar-refractivity contribution in [1.29, 1.82) is 0 Å². The molecule has 0 atom stereocenters. The van der Waals surface area contributed by atoms with E-state index in [1.54, 1.807) is 0 Å². The van der Waals surface area contributed by atoms with Gasteiger partial charge in [0, 0.05) is 29.9 Å². The minimum atomic E-state index is -2.84. The van der Waals surface area contributed by atoms with E-state index in [1.165, 1.54) is 6.07 Å². The van der Waals surface area contributed by atoms with E-state index in [-0.39, 0.29) is 25.4 Å². The second-order valence-electron chi connectivity index (χ2n) is 3.78. The normalized spacial score (nSPS) is 10.6. The topological polar surface area (TPSA) is 107 Å². The van der Waals surface area contributed by atoms with Gasteiger partial charge in [0.2, 0.25) is 5.91 Å². The molecule has 0 saturated carbocycles. The third-order valence-corrected chi connectivity index (χ3v) is 2.29. The molecular weight excluding hydrogens is 276 g/mol. The molecule has 0 aliphatic rings. The molecule has 1 rings (SSSR count). The number of nitro groups is 1. The van der Waals surface area contributed by atoms with Gasteiger partial charge in [0.15, 0.2) is 0 Å². The number of nitro benzene ring substituents is 1. The van der Waals surface area contributed by atoms with Crippen molar-refractivity contribution >= 4 is 17.3 Å². The van der Waals surface area contributed by atoms with Crippen LogP contribution in [0.5, 0.6) is 0 Å². The predicted octanol–water partition coefficient (Wildman–Crippen LogP) is 1.45. The van der Waals surface area contributed by atoms with Crippen molar-refractivity contribution in [3.8, 4) is 0 Å². The number of amides is 1. The summed E-state index contributed by atoms with van der Waals surface area (Å²) >= 11 is 0. The highest BCUT2D eigenvalue weighted by Crippen LogP contribution is 2.30. The van der Waals surface area contributed by atoms with Gasteiger partial charge in [-0.3, -0.25) is 14.9 Å². The van der Waals surface area contributed by atoms with Crippen LogP contribution in [0.4, 0.5) is 20.2 Å². The smallest absolute Gasteiger partial charge is 0.270 e. The van der Waals surface area contributed by atoms with E-state index in [9.17, 15) is 23.7 Å². The zero-order chi connectivity index (χ0) is 15.1. The van der Waals surface area contributed by atoms with E-state index in [1.807, 2.05) is 0 Å². The molecule has 0 aromatic heterocycles. The van der Waals surface area contributed by atoms with Crippen LogP contribution in [0.2, 0.25) is 0 Å². The van der Waals surface area contributed by atoms with Crippen molar-refractivity contribution in [2.24, 2.45) is 5.73 Å². The summed E-state index contributed by atoms with van der Waals surface area (Å²) in [5, 5.41) is 13.2. The number of rotatable bonds is 8. The maximum atomic E-state index is 12.8. The van der Waals surface area contributed by atoms with E-state index < -0.39 is 28.5 Å². The van der Waals surface area contributed by atoms with Crippen molar-refractivity contribution < 1.29 is 23.2 Å². The molecule has 0 heterocycles. The number of primary amides is 1. The number of hydrogen-bond acceptors (Lipinski definition) is 5. The van der Waals surface area contributed by atoms with Crippen molar-refractivity contribution in [2.45, 2.75) is 6.43 Å². The summed E-state index contributed by atoms with van der Waals surface area (Å²) < 4.78 is 30.4. The lowest BCUT2D eigenvalue weighted by molar-refractivity contribution is -0.385. The minimum absolute atomic E-state index is 0.0771. The number of carbonyl (C=O) groups is 1. The number of nitrogens with zero attached hydrogens (tertiary/aromatic N) is 1. The molecule has 0 fully saturated rings. The first-order chi connectivity index (χ1) is 9.41. The van der Waals surface area contributed by atoms with Gasteiger partial charge >= 0.3 is 0 Å². The lowest BCUT2D eigenvalue weighted by Crippen LogP contribution is -2.20. The van der Waals surface area contributed by atoms with Crippen LogP contribution in [-0.2, 0) is 9.53 Å². The Bertz CT molecular complexity index is 497. The summed E-state index contributed by atoms with van der Waals surface area (Å²) in [7, 11) is 0. The molecule has 0 unspecified atom stereocenters. The first kappa shape index (κ1) is 15.8. The highest BCUT2D eigenvalue weighted by Gasteiger charge is 2.17. The van der Waals surface area contributed by atoms with Gasteiger partial charge < -0.3 is 15.8 Å². The zero-order valence-corrected chi connectivity index (χ0v) is 10.3. The average Bonchev–Trinajstić information content (AvgIpc) is 2.37. The van der Waals surface area contributed by atoms with Crippen LogP contribution >= 0.6 is 0 Å². The first-order valence-corrected chi connectivity index (χ1v) is 5.58. The van der Waals surface area contributed by atoms with Crippen LogP contribution < -0.4 is 11.1 Å². The van der Waals surface area contributed by atoms with Gasteiger partial charge in [0.05, 0.1) is 11.5 Å². The largest absolute Gasteiger partial charge is 0.382 e. The lowest BCUT2D eigenvalue weighted by atomic mass is 10.1. The van der Waals surface area contributed by atoms with Gasteiger partial charge in [-0.15, -0.1) is 0 Å². The van der Waals surface area contributed by atoms with Gasteiger partial charge in [-0.05, 0) is 6.07 Å². The van der Waals surface area contributed by atoms with Crippen molar-refractivity contribution in [1.82, 2.24) is 0 Å². The number of carbonyl (C=O) groups excluding carboxylic acids is 1. The highest BCUT2D eigenvalue weighted by atomic mass is 19.3. The Morgan fingerprint density at radius 3 is 2.75 bits per heavy atom. The number of hydrogen-bond donors (Lipinski definition) is 2. The Labute approximate surface area is 112 Å². The molecule has 1 aromatic carbocycles. The van der Waals surface area contributed by atoms with E-state index in [4.69, 9.17) is 10.5 Å². The molecule has 1 aromatic rings. The predicted molar refractivity (Wildman–Crippen MR) is 66.6 cm³/mol. The Kier molecular flexibility index (Phi) is 5.78. The molecule has 0 aliphatic heterocycles. The summed E-state index contributed by atoms with van der Waals surface area (Å²) in [6.45, 7) is -0.0168. The highest BCUT2D eigenvalue weighted by molar-refractivity contribution is 5.74. The van der Waals surface area contributed by atoms with Crippen LogP contribution in [0.25, 0.3) is 0 Å². The van der Waals surface area contributed by atoms with Crippen molar-refractivity contribution in [2.75, 3.05) is 25.1 Å². The molecule has 3 N–H and O–H groups in total. The standard InChI is InChI=1S/C11H13F2N3O4/c12-11(13)8-5-7(16(18)19)1-2-9(8)15-3-4-20-6-10(14)17/h1-2,5,11,15H,3-4,6H2,(H2,14,17). The summed E-state index contributed by atoms with van der Waals surface area (Å²) in [4.78, 5) is 20.2. The molecule has 1 amide bonds. The fourth-order valence-corrected chi connectivity index (χ4v) is 1.44. The molecule has 0 saturated heterocycles. The number of non-ortho nitro benzene ring substituents is 1. The summed E-state index contributed by atoms with van der Waals surface area (Å²) in [5.74, 6) is -0.631. The molecule has 0 radical (unpaired) electrons.